The summed E-state index contributed by atoms with van der Waals surface area (Å²) in [7, 11) is -4.20. The molecule has 0 unspecified atom stereocenters. The second kappa shape index (κ2) is 35.9. The Morgan fingerprint density at radius 3 is 1.41 bits per heavy atom. The molecule has 0 heterocycles. The Bertz CT molecular complexity index is 692. The predicted octanol–water partition coefficient (Wildman–Crippen LogP) is -4.42. The van der Waals surface area contributed by atoms with E-state index in [-0.39, 0.29) is 70.6 Å². The smallest absolute Gasteiger partial charge is 0.784 e. The van der Waals surface area contributed by atoms with Crippen molar-refractivity contribution < 1.29 is 111 Å². The van der Waals surface area contributed by atoms with Gasteiger partial charge in [-0.25, -0.2) is 8.42 Å². The average molecular weight is 665 g/mol. The molecule has 0 radical (unpaired) electrons. The van der Waals surface area contributed by atoms with Crippen molar-refractivity contribution in [2.24, 2.45) is 0 Å². The van der Waals surface area contributed by atoms with Gasteiger partial charge in [0.2, 0.25) is 0 Å². The van der Waals surface area contributed by atoms with Crippen LogP contribution in [0.3, 0.4) is 0 Å². The van der Waals surface area contributed by atoms with Crippen LogP contribution >= 0.6 is 43.2 Å². The zero-order valence-corrected chi connectivity index (χ0v) is 29.5. The average Bonchev–Trinajstić information content (AvgIpc) is 2.59. The van der Waals surface area contributed by atoms with Crippen LogP contribution in [0.1, 0.15) is 32.6 Å². The molecule has 0 saturated carbocycles. The molecule has 0 aromatic carbocycles. The fraction of sp³-hybridized carbons (Fsp3) is 0.917. The quantitative estimate of drug-likeness (QED) is 0.0462. The summed E-state index contributed by atoms with van der Waals surface area (Å²) in [5.74, 6) is 3.19. The molecule has 12 nitrogen and oxygen atoms in total. The maximum absolute atomic E-state index is 10.3. The van der Waals surface area contributed by atoms with Crippen LogP contribution in [-0.4, -0.2) is 86.4 Å². The molecule has 0 aliphatic rings. The number of hydrogen-bond donors (Lipinski definition) is 1. The molecule has 0 aromatic rings. The van der Waals surface area contributed by atoms with Gasteiger partial charge in [0.15, 0.2) is 0 Å². The van der Waals surface area contributed by atoms with Crippen LogP contribution in [0, 0.1) is 6.92 Å². The van der Waals surface area contributed by atoms with Crippen LogP contribution in [0.15, 0.2) is 0 Å². The minimum absolute atomic E-state index is 0. The zero-order chi connectivity index (χ0) is 26.1. The SMILES string of the molecule is CCCSSCCCS(=O)(=O)O.O=S(=O)=O.O=S([O-])[O-].[CH2-]CCSSCCCS(=O)(=O)[O-].[Na+].[Na+]. The Labute approximate surface area is 266 Å². The standard InChI is InChI=1S/C6H14O3S3.C6H13O3S3.2Na.H2O3S.O3S/c2*1-2-4-10-11-5-3-6-12(7,8)9;;;2*1-4(2)3/h2-6H2,1H3,(H,7,8,9);1-6H2,(H,7,8,9);;;(H2,1,2,3);/q;-1;2*+1;;/p-3. The summed E-state index contributed by atoms with van der Waals surface area (Å²) in [5.41, 5.74) is 0. The van der Waals surface area contributed by atoms with Crippen LogP contribution in [0.25, 0.3) is 0 Å². The van der Waals surface area contributed by atoms with E-state index in [1.165, 1.54) is 0 Å². The molecular weight excluding hydrogens is 639 g/mol. The maximum Gasteiger partial charge on any atom is 1.00 e. The van der Waals surface area contributed by atoms with E-state index < -0.39 is 42.2 Å². The van der Waals surface area contributed by atoms with E-state index in [0.29, 0.717) is 18.6 Å². The van der Waals surface area contributed by atoms with E-state index >= 15 is 0 Å². The molecule has 198 valence electrons. The van der Waals surface area contributed by atoms with Crippen molar-refractivity contribution in [2.45, 2.75) is 32.6 Å². The van der Waals surface area contributed by atoms with Crippen LogP contribution in [0.4, 0.5) is 0 Å². The van der Waals surface area contributed by atoms with Gasteiger partial charge in [0.1, 0.15) is 0 Å². The van der Waals surface area contributed by atoms with Crippen molar-refractivity contribution in [3.63, 3.8) is 0 Å². The van der Waals surface area contributed by atoms with Crippen molar-refractivity contribution in [1.82, 2.24) is 0 Å². The summed E-state index contributed by atoms with van der Waals surface area (Å²) in [5, 5.41) is 0. The number of rotatable bonds is 14. The number of hydrogen-bond acceptors (Lipinski definition) is 15. The Kier molecular flexibility index (Phi) is 52.6. The fourth-order valence-corrected chi connectivity index (χ4v) is 6.60. The Morgan fingerprint density at radius 2 is 1.12 bits per heavy atom. The van der Waals surface area contributed by atoms with Gasteiger partial charge < -0.3 is 20.6 Å². The molecule has 1 N–H and O–H groups in total. The van der Waals surface area contributed by atoms with Gasteiger partial charge in [-0.2, -0.15) is 14.8 Å². The van der Waals surface area contributed by atoms with Gasteiger partial charge in [0.25, 0.3) is 10.1 Å². The molecule has 0 aromatic heterocycles. The molecule has 34 heavy (non-hydrogen) atoms. The molecule has 22 heteroatoms. The minimum atomic E-state index is -4.00. The molecule has 0 spiro atoms. The second-order valence-electron chi connectivity index (χ2n) is 4.80. The van der Waals surface area contributed by atoms with Crippen LogP contribution in [0.5, 0.6) is 0 Å². The first-order valence-electron chi connectivity index (χ1n) is 8.29. The van der Waals surface area contributed by atoms with Gasteiger partial charge in [-0.15, -0.1) is 24.0 Å². The van der Waals surface area contributed by atoms with E-state index in [1.807, 2.05) is 0 Å². The first kappa shape index (κ1) is 49.8. The molecule has 0 fully saturated rings. The molecule has 0 saturated heterocycles. The van der Waals surface area contributed by atoms with Gasteiger partial charge in [-0.1, -0.05) is 50.1 Å². The molecule has 0 rings (SSSR count). The van der Waals surface area contributed by atoms with E-state index in [1.54, 1.807) is 43.2 Å². The van der Waals surface area contributed by atoms with Crippen LogP contribution < -0.4 is 59.1 Å². The summed E-state index contributed by atoms with van der Waals surface area (Å²) in [6.45, 7) is 5.77. The molecular formula is C12H26Na2O12S8-2. The molecule has 0 bridgehead atoms. The predicted molar refractivity (Wildman–Crippen MR) is 130 cm³/mol. The topological polar surface area (TPSA) is 226 Å². The summed E-state index contributed by atoms with van der Waals surface area (Å²) >= 11 is -3.11. The first-order valence-corrected chi connectivity index (χ1v) is 18.5. The monoisotopic (exact) mass is 664 g/mol. The Balaban J connectivity index is -0.0000000840. The van der Waals surface area contributed by atoms with Crippen molar-refractivity contribution in [3.05, 3.63) is 6.92 Å². The maximum atomic E-state index is 10.3. The third-order valence-corrected chi connectivity index (χ3v) is 8.80. The molecule has 0 aliphatic carbocycles. The fourth-order valence-electron chi connectivity index (χ4n) is 0.973. The van der Waals surface area contributed by atoms with Gasteiger partial charge >= 0.3 is 69.7 Å². The van der Waals surface area contributed by atoms with Crippen LogP contribution in [0.2, 0.25) is 0 Å². The first-order chi connectivity index (χ1) is 14.6. The van der Waals surface area contributed by atoms with E-state index in [2.05, 4.69) is 13.8 Å². The van der Waals surface area contributed by atoms with Crippen molar-refractivity contribution in [3.8, 4) is 0 Å². The third-order valence-electron chi connectivity index (χ3n) is 1.93. The van der Waals surface area contributed by atoms with Gasteiger partial charge in [-0.3, -0.25) is 8.76 Å². The molecule has 0 amide bonds. The van der Waals surface area contributed by atoms with Gasteiger partial charge in [0.05, 0.1) is 15.9 Å². The largest absolute Gasteiger partial charge is 1.00 e. The molecule has 0 atom stereocenters. The van der Waals surface area contributed by atoms with Gasteiger partial charge in [0, 0.05) is 23.0 Å². The second-order valence-corrected chi connectivity index (χ2v) is 14.1. The minimum Gasteiger partial charge on any atom is -0.784 e. The Hall–Kier alpha value is 2.91. The van der Waals surface area contributed by atoms with Gasteiger partial charge in [-0.05, 0) is 25.0 Å². The van der Waals surface area contributed by atoms with Crippen LogP contribution in [-0.2, 0) is 42.2 Å². The van der Waals surface area contributed by atoms with E-state index in [4.69, 9.17) is 30.5 Å². The summed E-state index contributed by atoms with van der Waals surface area (Å²) in [6, 6.07) is 0. The van der Waals surface area contributed by atoms with E-state index in [9.17, 15) is 21.4 Å². The van der Waals surface area contributed by atoms with Crippen molar-refractivity contribution >= 4 is 85.4 Å². The zero-order valence-electron chi connectivity index (χ0n) is 19.0. The summed E-state index contributed by atoms with van der Waals surface area (Å²) < 4.78 is 110. The summed E-state index contributed by atoms with van der Waals surface area (Å²) in [4.78, 5) is 0. The molecule has 0 aliphatic heterocycles. The Morgan fingerprint density at radius 1 is 0.794 bits per heavy atom. The third kappa shape index (κ3) is 91.8. The van der Waals surface area contributed by atoms with E-state index in [0.717, 1.165) is 30.1 Å². The van der Waals surface area contributed by atoms with Crippen molar-refractivity contribution in [2.75, 3.05) is 34.5 Å². The summed E-state index contributed by atoms with van der Waals surface area (Å²) in [6.07, 6.45) is 2.98. The normalized spacial score (nSPS) is 10.1. The van der Waals surface area contributed by atoms with Crippen molar-refractivity contribution in [1.29, 1.82) is 0 Å².